The van der Waals surface area contributed by atoms with E-state index in [-0.39, 0.29) is 0 Å². The summed E-state index contributed by atoms with van der Waals surface area (Å²) < 4.78 is 1.81. The Balaban J connectivity index is 2.78. The second-order valence-electron chi connectivity index (χ2n) is 1.50. The van der Waals surface area contributed by atoms with Crippen molar-refractivity contribution in [3.8, 4) is 0 Å². The minimum atomic E-state index is 0.713. The molecule has 3 heteroatoms. The summed E-state index contributed by atoms with van der Waals surface area (Å²) in [6, 6.07) is 0. The zero-order chi connectivity index (χ0) is 5.40. The van der Waals surface area contributed by atoms with Crippen LogP contribution in [0.3, 0.4) is 0 Å². The molecule has 1 aromatic heterocycles. The second-order valence-corrected chi connectivity index (χ2v) is 1.50. The van der Waals surface area contributed by atoms with Crippen LogP contribution in [0.1, 0.15) is 0 Å². The van der Waals surface area contributed by atoms with Crippen LogP contribution in [0.5, 0.6) is 0 Å². The van der Waals surface area contributed by atoms with Gasteiger partial charge in [-0.15, -0.1) is 0 Å². The van der Waals surface area contributed by atoms with E-state index in [1.807, 2.05) is 6.20 Å². The van der Waals surface area contributed by atoms with E-state index in [9.17, 15) is 0 Å². The van der Waals surface area contributed by atoms with E-state index in [1.165, 1.54) is 0 Å². The Kier molecular flexibility index (Phi) is 0.492. The van der Waals surface area contributed by atoms with Crippen LogP contribution < -0.4 is 0 Å². The molecule has 2 rings (SSSR count). The van der Waals surface area contributed by atoms with Gasteiger partial charge in [-0.25, -0.2) is 4.98 Å². The molecule has 0 aromatic carbocycles. The van der Waals surface area contributed by atoms with Crippen LogP contribution in [0, 0.1) is 0 Å². The molecule has 0 saturated carbocycles. The summed E-state index contributed by atoms with van der Waals surface area (Å²) in [6.07, 6.45) is 5.28. The fourth-order valence-corrected chi connectivity index (χ4v) is 0.641. The molecule has 0 atom stereocenters. The minimum Gasteiger partial charge on any atom is -0.282 e. The van der Waals surface area contributed by atoms with Gasteiger partial charge in [0, 0.05) is 18.3 Å². The lowest BCUT2D eigenvalue weighted by atomic mass is 10.9. The van der Waals surface area contributed by atoms with E-state index < -0.39 is 0 Å². The van der Waals surface area contributed by atoms with Gasteiger partial charge in [-0.3, -0.25) is 4.57 Å². The van der Waals surface area contributed by atoms with E-state index in [1.54, 1.807) is 17.0 Å². The molecule has 0 aliphatic carbocycles. The highest BCUT2D eigenvalue weighted by molar-refractivity contribution is 5.76. The molecule has 0 N–H and O–H groups in total. The molecule has 2 heterocycles. The van der Waals surface area contributed by atoms with Gasteiger partial charge in [0.05, 0.1) is 6.20 Å². The van der Waals surface area contributed by atoms with Crippen molar-refractivity contribution in [3.63, 3.8) is 0 Å². The van der Waals surface area contributed by atoms with Crippen molar-refractivity contribution in [2.75, 3.05) is 0 Å². The fraction of sp³-hybridized carbons (Fsp3) is 0. The SMILES string of the molecule is C1=Cn2ccnc2N=1. The van der Waals surface area contributed by atoms with Gasteiger partial charge in [-0.05, 0) is 0 Å². The van der Waals surface area contributed by atoms with Crippen LogP contribution in [0.2, 0.25) is 0 Å². The first-order chi connectivity index (χ1) is 3.97. The molecule has 0 bridgehead atoms. The van der Waals surface area contributed by atoms with Crippen molar-refractivity contribution >= 4 is 18.0 Å². The number of fused-ring (bicyclic) bond motifs is 1. The molecule has 0 spiro atoms. The molecular weight excluding hydrogens is 102 g/mol. The summed E-state index contributed by atoms with van der Waals surface area (Å²) >= 11 is 0. The Morgan fingerprint density at radius 2 is 2.62 bits per heavy atom. The van der Waals surface area contributed by atoms with Gasteiger partial charge < -0.3 is 0 Å². The molecule has 1 aromatic rings. The monoisotopic (exact) mass is 105 g/mol. The fourth-order valence-electron chi connectivity index (χ4n) is 0.641. The van der Waals surface area contributed by atoms with Gasteiger partial charge in [0.1, 0.15) is 0 Å². The summed E-state index contributed by atoms with van der Waals surface area (Å²) in [5.74, 6) is 3.38. The van der Waals surface area contributed by atoms with E-state index in [0.717, 1.165) is 0 Å². The topological polar surface area (TPSA) is 30.2 Å². The van der Waals surface area contributed by atoms with E-state index in [4.69, 9.17) is 0 Å². The van der Waals surface area contributed by atoms with Crippen LogP contribution in [-0.2, 0) is 0 Å². The third-order valence-corrected chi connectivity index (χ3v) is 1.01. The zero-order valence-corrected chi connectivity index (χ0v) is 4.07. The molecule has 0 unspecified atom stereocenters. The molecule has 1 aliphatic rings. The largest absolute Gasteiger partial charge is 0.282 e. The van der Waals surface area contributed by atoms with Gasteiger partial charge in [0.15, 0.2) is 0 Å². The number of rotatable bonds is 0. The highest BCUT2D eigenvalue weighted by Crippen LogP contribution is 2.09. The molecular formula is C5H3N3. The van der Waals surface area contributed by atoms with Crippen molar-refractivity contribution in [1.82, 2.24) is 9.55 Å². The predicted molar refractivity (Wildman–Crippen MR) is 30.1 cm³/mol. The van der Waals surface area contributed by atoms with Crippen molar-refractivity contribution < 1.29 is 0 Å². The van der Waals surface area contributed by atoms with E-state index in [0.29, 0.717) is 5.95 Å². The molecule has 8 heavy (non-hydrogen) atoms. The first-order valence-corrected chi connectivity index (χ1v) is 2.29. The normalized spacial score (nSPS) is 12.5. The van der Waals surface area contributed by atoms with Gasteiger partial charge in [0.25, 0.3) is 0 Å². The quantitative estimate of drug-likeness (QED) is 0.484. The zero-order valence-electron chi connectivity index (χ0n) is 4.07. The number of nitrogens with zero attached hydrogens (tertiary/aromatic N) is 3. The Morgan fingerprint density at radius 1 is 1.62 bits per heavy atom. The van der Waals surface area contributed by atoms with Crippen LogP contribution in [-0.4, -0.2) is 15.4 Å². The maximum absolute atomic E-state index is 3.90. The summed E-state index contributed by atoms with van der Waals surface area (Å²) in [5.41, 5.74) is 0. The van der Waals surface area contributed by atoms with Gasteiger partial charge >= 0.3 is 0 Å². The lowest BCUT2D eigenvalue weighted by Gasteiger charge is -1.82. The molecule has 3 nitrogen and oxygen atoms in total. The van der Waals surface area contributed by atoms with Crippen LogP contribution in [0.25, 0.3) is 6.20 Å². The Bertz CT molecular complexity index is 242. The standard InChI is InChI=1S/C5H3N3/c1-3-8-4-2-7-5(8)6-1/h1,3-4H. The Hall–Kier alpha value is -1.34. The molecule has 38 valence electrons. The Morgan fingerprint density at radius 3 is 3.50 bits per heavy atom. The highest BCUT2D eigenvalue weighted by Gasteiger charge is 1.97. The van der Waals surface area contributed by atoms with E-state index in [2.05, 4.69) is 15.8 Å². The summed E-state index contributed by atoms with van der Waals surface area (Å²) in [7, 11) is 0. The van der Waals surface area contributed by atoms with Crippen LogP contribution >= 0.6 is 0 Å². The van der Waals surface area contributed by atoms with Gasteiger partial charge in [0.2, 0.25) is 5.95 Å². The van der Waals surface area contributed by atoms with Crippen LogP contribution in [0.15, 0.2) is 17.4 Å². The smallest absolute Gasteiger partial charge is 0.242 e. The molecule has 0 fully saturated rings. The molecule has 1 aliphatic heterocycles. The number of imidazole rings is 1. The summed E-state index contributed by atoms with van der Waals surface area (Å²) in [5, 5.41) is 0. The average molecular weight is 105 g/mol. The van der Waals surface area contributed by atoms with Crippen molar-refractivity contribution in [2.45, 2.75) is 0 Å². The number of aliphatic imine (C=N–C) groups is 1. The number of hydrogen-bond acceptors (Lipinski definition) is 2. The second kappa shape index (κ2) is 1.08. The molecule has 0 amide bonds. The number of aromatic nitrogens is 2. The van der Waals surface area contributed by atoms with Crippen molar-refractivity contribution in [2.24, 2.45) is 4.99 Å². The van der Waals surface area contributed by atoms with Gasteiger partial charge in [-0.1, -0.05) is 0 Å². The van der Waals surface area contributed by atoms with Gasteiger partial charge in [-0.2, -0.15) is 4.99 Å². The lowest BCUT2D eigenvalue weighted by molar-refractivity contribution is 1.14. The third-order valence-electron chi connectivity index (χ3n) is 1.01. The first-order valence-electron chi connectivity index (χ1n) is 2.29. The highest BCUT2D eigenvalue weighted by atomic mass is 15.2. The average Bonchev–Trinajstić information content (AvgIpc) is 2.15. The first kappa shape index (κ1) is 3.64. The summed E-state index contributed by atoms with van der Waals surface area (Å²) in [6.45, 7) is 0. The molecule has 0 saturated heterocycles. The summed E-state index contributed by atoms with van der Waals surface area (Å²) in [4.78, 5) is 7.70. The van der Waals surface area contributed by atoms with Crippen molar-refractivity contribution in [3.05, 3.63) is 12.4 Å². The van der Waals surface area contributed by atoms with Crippen molar-refractivity contribution in [1.29, 1.82) is 0 Å². The van der Waals surface area contributed by atoms with Crippen LogP contribution in [0.4, 0.5) is 5.95 Å². The maximum atomic E-state index is 3.90. The molecule has 0 radical (unpaired) electrons. The predicted octanol–water partition coefficient (Wildman–Crippen LogP) is 0.669. The van der Waals surface area contributed by atoms with E-state index >= 15 is 0 Å². The third kappa shape index (κ3) is 0.290. The minimum absolute atomic E-state index is 0.713. The lowest BCUT2D eigenvalue weighted by Crippen LogP contribution is -1.74. The number of hydrogen-bond donors (Lipinski definition) is 0. The Labute approximate surface area is 46.0 Å². The maximum Gasteiger partial charge on any atom is 0.242 e.